The first-order valence-corrected chi connectivity index (χ1v) is 6.69. The standard InChI is InChI=1S/C15H22N2O.ClH/c1-11-8-9-17(10-12(11)2)15(18)14(16)13-6-4-3-5-7-13;/h3-7,11-12,14H,8-10,16H2,1-2H3;1H. The van der Waals surface area contributed by atoms with Crippen molar-refractivity contribution in [2.45, 2.75) is 26.3 Å². The van der Waals surface area contributed by atoms with Crippen molar-refractivity contribution in [1.82, 2.24) is 4.90 Å². The van der Waals surface area contributed by atoms with Crippen molar-refractivity contribution in [3.05, 3.63) is 35.9 Å². The van der Waals surface area contributed by atoms with Gasteiger partial charge in [-0.15, -0.1) is 12.4 Å². The number of rotatable bonds is 2. The van der Waals surface area contributed by atoms with Crippen molar-refractivity contribution < 1.29 is 4.79 Å². The zero-order valence-corrected chi connectivity index (χ0v) is 12.4. The molecule has 1 amide bonds. The summed E-state index contributed by atoms with van der Waals surface area (Å²) in [5, 5.41) is 0. The molecular weight excluding hydrogens is 260 g/mol. The molecule has 0 bridgehead atoms. The van der Waals surface area contributed by atoms with Gasteiger partial charge in [-0.2, -0.15) is 0 Å². The second-order valence-corrected chi connectivity index (χ2v) is 5.42. The summed E-state index contributed by atoms with van der Waals surface area (Å²) in [6.07, 6.45) is 1.08. The molecule has 0 aliphatic carbocycles. The molecule has 1 fully saturated rings. The lowest BCUT2D eigenvalue weighted by atomic mass is 9.88. The number of amides is 1. The van der Waals surface area contributed by atoms with Crippen LogP contribution >= 0.6 is 12.4 Å². The minimum absolute atomic E-state index is 0. The number of nitrogens with zero attached hydrogens (tertiary/aromatic N) is 1. The van der Waals surface area contributed by atoms with Gasteiger partial charge in [0.05, 0.1) is 0 Å². The molecule has 2 N–H and O–H groups in total. The molecule has 19 heavy (non-hydrogen) atoms. The molecule has 3 atom stereocenters. The van der Waals surface area contributed by atoms with Gasteiger partial charge in [0, 0.05) is 13.1 Å². The van der Waals surface area contributed by atoms with E-state index in [1.807, 2.05) is 35.2 Å². The highest BCUT2D eigenvalue weighted by atomic mass is 35.5. The largest absolute Gasteiger partial charge is 0.341 e. The van der Waals surface area contributed by atoms with E-state index in [4.69, 9.17) is 5.73 Å². The molecule has 1 aromatic carbocycles. The van der Waals surface area contributed by atoms with Crippen molar-refractivity contribution in [2.24, 2.45) is 17.6 Å². The van der Waals surface area contributed by atoms with Crippen LogP contribution in [0.5, 0.6) is 0 Å². The van der Waals surface area contributed by atoms with E-state index in [1.165, 1.54) is 0 Å². The van der Waals surface area contributed by atoms with Crippen molar-refractivity contribution in [3.8, 4) is 0 Å². The summed E-state index contributed by atoms with van der Waals surface area (Å²) in [6, 6.07) is 9.08. The summed E-state index contributed by atoms with van der Waals surface area (Å²) in [6.45, 7) is 6.13. The highest BCUT2D eigenvalue weighted by Crippen LogP contribution is 2.24. The topological polar surface area (TPSA) is 46.3 Å². The van der Waals surface area contributed by atoms with Crippen LogP contribution in [0.25, 0.3) is 0 Å². The van der Waals surface area contributed by atoms with E-state index in [2.05, 4.69) is 13.8 Å². The number of likely N-dealkylation sites (tertiary alicyclic amines) is 1. The Bertz CT molecular complexity index is 410. The molecule has 1 aliphatic heterocycles. The maximum Gasteiger partial charge on any atom is 0.244 e. The first-order chi connectivity index (χ1) is 8.59. The number of carbonyl (C=O) groups is 1. The van der Waals surface area contributed by atoms with Gasteiger partial charge in [0.2, 0.25) is 5.91 Å². The number of piperidine rings is 1. The van der Waals surface area contributed by atoms with Gasteiger partial charge in [0.1, 0.15) is 6.04 Å². The smallest absolute Gasteiger partial charge is 0.244 e. The van der Waals surface area contributed by atoms with E-state index >= 15 is 0 Å². The molecule has 0 spiro atoms. The molecule has 1 saturated heterocycles. The Morgan fingerprint density at radius 2 is 1.89 bits per heavy atom. The lowest BCUT2D eigenvalue weighted by Gasteiger charge is -2.36. The number of nitrogens with two attached hydrogens (primary N) is 1. The minimum atomic E-state index is -0.521. The maximum atomic E-state index is 12.4. The van der Waals surface area contributed by atoms with E-state index in [1.54, 1.807) is 0 Å². The SMILES string of the molecule is CC1CCN(C(=O)C(N)c2ccccc2)CC1C.Cl. The van der Waals surface area contributed by atoms with E-state index < -0.39 is 6.04 Å². The highest BCUT2D eigenvalue weighted by molar-refractivity contribution is 5.85. The minimum Gasteiger partial charge on any atom is -0.341 e. The molecule has 4 heteroatoms. The van der Waals surface area contributed by atoms with Crippen LogP contribution in [-0.2, 0) is 4.79 Å². The Balaban J connectivity index is 0.00000180. The summed E-state index contributed by atoms with van der Waals surface area (Å²) in [7, 11) is 0. The molecule has 106 valence electrons. The molecule has 2 rings (SSSR count). The molecular formula is C15H23ClN2O. The molecule has 0 saturated carbocycles. The van der Waals surface area contributed by atoms with Gasteiger partial charge in [-0.1, -0.05) is 44.2 Å². The van der Waals surface area contributed by atoms with Crippen LogP contribution in [0.3, 0.4) is 0 Å². The Hall–Kier alpha value is -1.06. The highest BCUT2D eigenvalue weighted by Gasteiger charge is 2.29. The molecule has 0 aromatic heterocycles. The van der Waals surface area contributed by atoms with Gasteiger partial charge in [-0.25, -0.2) is 0 Å². The quantitative estimate of drug-likeness (QED) is 0.906. The van der Waals surface area contributed by atoms with Crippen LogP contribution in [0.2, 0.25) is 0 Å². The lowest BCUT2D eigenvalue weighted by molar-refractivity contribution is -0.135. The fourth-order valence-electron chi connectivity index (χ4n) is 2.46. The molecule has 0 radical (unpaired) electrons. The van der Waals surface area contributed by atoms with Gasteiger partial charge in [-0.3, -0.25) is 4.79 Å². The van der Waals surface area contributed by atoms with E-state index in [-0.39, 0.29) is 18.3 Å². The second kappa shape index (κ2) is 6.92. The van der Waals surface area contributed by atoms with Gasteiger partial charge in [0.25, 0.3) is 0 Å². The van der Waals surface area contributed by atoms with Gasteiger partial charge in [-0.05, 0) is 23.8 Å². The van der Waals surface area contributed by atoms with Crippen molar-refractivity contribution in [2.75, 3.05) is 13.1 Å². The summed E-state index contributed by atoms with van der Waals surface area (Å²) in [5.74, 6) is 1.31. The average Bonchev–Trinajstić information content (AvgIpc) is 2.41. The molecule has 3 unspecified atom stereocenters. The van der Waals surface area contributed by atoms with Crippen LogP contribution in [0.1, 0.15) is 31.9 Å². The molecule has 3 nitrogen and oxygen atoms in total. The normalized spacial score (nSPS) is 24.5. The van der Waals surface area contributed by atoms with Crippen LogP contribution < -0.4 is 5.73 Å². The van der Waals surface area contributed by atoms with E-state index in [0.717, 1.165) is 25.1 Å². The van der Waals surface area contributed by atoms with Crippen LogP contribution in [-0.4, -0.2) is 23.9 Å². The first kappa shape index (κ1) is 16.0. The summed E-state index contributed by atoms with van der Waals surface area (Å²) < 4.78 is 0. The second-order valence-electron chi connectivity index (χ2n) is 5.42. The Morgan fingerprint density at radius 3 is 2.47 bits per heavy atom. The predicted octanol–water partition coefficient (Wildman–Crippen LogP) is 2.61. The summed E-state index contributed by atoms with van der Waals surface area (Å²) >= 11 is 0. The van der Waals surface area contributed by atoms with Crippen LogP contribution in [0, 0.1) is 11.8 Å². The number of hydrogen-bond donors (Lipinski definition) is 1. The monoisotopic (exact) mass is 282 g/mol. The van der Waals surface area contributed by atoms with Gasteiger partial charge >= 0.3 is 0 Å². The van der Waals surface area contributed by atoms with E-state index in [0.29, 0.717) is 11.8 Å². The van der Waals surface area contributed by atoms with Crippen molar-refractivity contribution in [1.29, 1.82) is 0 Å². The van der Waals surface area contributed by atoms with Crippen LogP contribution in [0.15, 0.2) is 30.3 Å². The fourth-order valence-corrected chi connectivity index (χ4v) is 2.46. The number of hydrogen-bond acceptors (Lipinski definition) is 2. The van der Waals surface area contributed by atoms with Gasteiger partial charge < -0.3 is 10.6 Å². The molecule has 1 aromatic rings. The molecule has 1 aliphatic rings. The Labute approximate surface area is 121 Å². The maximum absolute atomic E-state index is 12.4. The first-order valence-electron chi connectivity index (χ1n) is 6.69. The summed E-state index contributed by atoms with van der Waals surface area (Å²) in [5.41, 5.74) is 6.96. The summed E-state index contributed by atoms with van der Waals surface area (Å²) in [4.78, 5) is 14.3. The predicted molar refractivity (Wildman–Crippen MR) is 80.1 cm³/mol. The molecule has 1 heterocycles. The van der Waals surface area contributed by atoms with E-state index in [9.17, 15) is 4.79 Å². The van der Waals surface area contributed by atoms with Crippen LogP contribution in [0.4, 0.5) is 0 Å². The zero-order chi connectivity index (χ0) is 13.1. The number of benzene rings is 1. The van der Waals surface area contributed by atoms with Crippen molar-refractivity contribution >= 4 is 18.3 Å². The van der Waals surface area contributed by atoms with Crippen molar-refractivity contribution in [3.63, 3.8) is 0 Å². The van der Waals surface area contributed by atoms with Gasteiger partial charge in [0.15, 0.2) is 0 Å². The average molecular weight is 283 g/mol. The number of carbonyl (C=O) groups excluding carboxylic acids is 1. The fraction of sp³-hybridized carbons (Fsp3) is 0.533. The third kappa shape index (κ3) is 3.71. The number of halogens is 1. The third-order valence-electron chi connectivity index (χ3n) is 4.07. The third-order valence-corrected chi connectivity index (χ3v) is 4.07. The Kier molecular flexibility index (Phi) is 5.83. The Morgan fingerprint density at radius 1 is 1.26 bits per heavy atom. The zero-order valence-electron chi connectivity index (χ0n) is 11.6. The lowest BCUT2D eigenvalue weighted by Crippen LogP contribution is -2.46.